The maximum absolute atomic E-state index is 5.54. The summed E-state index contributed by atoms with van der Waals surface area (Å²) >= 11 is 5.39. The minimum absolute atomic E-state index is 0.507. The van der Waals surface area contributed by atoms with E-state index in [0.717, 1.165) is 24.1 Å². The zero-order valence-corrected chi connectivity index (χ0v) is 11.7. The standard InChI is InChI=1S/C12H16BrNOS/c1-14-11-5-6-15-8-12(11)16-10-4-2-3-9(13)7-10/h2-4,7,11-12,14H,5-6,8H2,1H3. The van der Waals surface area contributed by atoms with E-state index in [2.05, 4.69) is 45.5 Å². The third-order valence-electron chi connectivity index (χ3n) is 2.76. The van der Waals surface area contributed by atoms with Crippen molar-refractivity contribution in [3.63, 3.8) is 0 Å². The Bertz CT molecular complexity index is 348. The summed E-state index contributed by atoms with van der Waals surface area (Å²) in [5, 5.41) is 3.88. The zero-order chi connectivity index (χ0) is 11.4. The Labute approximate surface area is 109 Å². The van der Waals surface area contributed by atoms with Crippen molar-refractivity contribution in [3.8, 4) is 0 Å². The van der Waals surface area contributed by atoms with E-state index < -0.39 is 0 Å². The molecule has 1 aliphatic rings. The Balaban J connectivity index is 2.02. The van der Waals surface area contributed by atoms with Crippen LogP contribution >= 0.6 is 27.7 Å². The first-order valence-electron chi connectivity index (χ1n) is 5.47. The Morgan fingerprint density at radius 3 is 3.12 bits per heavy atom. The average molecular weight is 302 g/mol. The quantitative estimate of drug-likeness (QED) is 0.927. The van der Waals surface area contributed by atoms with Crippen LogP contribution in [0.4, 0.5) is 0 Å². The van der Waals surface area contributed by atoms with Gasteiger partial charge in [-0.05, 0) is 31.7 Å². The minimum Gasteiger partial charge on any atom is -0.380 e. The van der Waals surface area contributed by atoms with Crippen molar-refractivity contribution >= 4 is 27.7 Å². The van der Waals surface area contributed by atoms with Crippen LogP contribution < -0.4 is 5.32 Å². The van der Waals surface area contributed by atoms with Crippen molar-refractivity contribution < 1.29 is 4.74 Å². The van der Waals surface area contributed by atoms with E-state index in [9.17, 15) is 0 Å². The SMILES string of the molecule is CNC1CCOCC1Sc1cccc(Br)c1. The molecular formula is C12H16BrNOS. The molecule has 0 saturated carbocycles. The Morgan fingerprint density at radius 1 is 1.50 bits per heavy atom. The van der Waals surface area contributed by atoms with E-state index in [0.29, 0.717) is 11.3 Å². The van der Waals surface area contributed by atoms with Crippen molar-refractivity contribution in [1.29, 1.82) is 0 Å². The molecule has 2 atom stereocenters. The molecule has 0 aliphatic carbocycles. The van der Waals surface area contributed by atoms with Crippen LogP contribution in [0.1, 0.15) is 6.42 Å². The number of hydrogen-bond acceptors (Lipinski definition) is 3. The minimum atomic E-state index is 0.507. The van der Waals surface area contributed by atoms with Crippen LogP contribution in [0.25, 0.3) is 0 Å². The van der Waals surface area contributed by atoms with Gasteiger partial charge in [-0.3, -0.25) is 0 Å². The Kier molecular flexibility index (Phi) is 4.70. The molecule has 1 saturated heterocycles. The van der Waals surface area contributed by atoms with Crippen molar-refractivity contribution in [1.82, 2.24) is 5.32 Å². The van der Waals surface area contributed by atoms with Crippen LogP contribution in [0.15, 0.2) is 33.6 Å². The highest BCUT2D eigenvalue weighted by atomic mass is 79.9. The monoisotopic (exact) mass is 301 g/mol. The summed E-state index contributed by atoms with van der Waals surface area (Å²) in [7, 11) is 2.03. The second-order valence-electron chi connectivity index (χ2n) is 3.87. The predicted molar refractivity (Wildman–Crippen MR) is 72.1 cm³/mol. The second kappa shape index (κ2) is 6.05. The number of thioether (sulfide) groups is 1. The highest BCUT2D eigenvalue weighted by Gasteiger charge is 2.25. The summed E-state index contributed by atoms with van der Waals surface area (Å²) in [4.78, 5) is 1.30. The van der Waals surface area contributed by atoms with Gasteiger partial charge < -0.3 is 10.1 Å². The topological polar surface area (TPSA) is 21.3 Å². The molecule has 0 amide bonds. The van der Waals surface area contributed by atoms with Gasteiger partial charge >= 0.3 is 0 Å². The van der Waals surface area contributed by atoms with Crippen LogP contribution in [0, 0.1) is 0 Å². The van der Waals surface area contributed by atoms with E-state index in [1.54, 1.807) is 0 Å². The van der Waals surface area contributed by atoms with Gasteiger partial charge in [-0.25, -0.2) is 0 Å². The Hall–Kier alpha value is -0.0300. The fourth-order valence-corrected chi connectivity index (χ4v) is 3.73. The number of halogens is 1. The zero-order valence-electron chi connectivity index (χ0n) is 9.28. The molecule has 0 spiro atoms. The van der Waals surface area contributed by atoms with E-state index in [-0.39, 0.29) is 0 Å². The molecule has 2 rings (SSSR count). The molecule has 0 aromatic heterocycles. The van der Waals surface area contributed by atoms with Crippen LogP contribution in [-0.4, -0.2) is 31.6 Å². The number of nitrogens with one attached hydrogen (secondary N) is 1. The number of benzene rings is 1. The van der Waals surface area contributed by atoms with Gasteiger partial charge in [0.05, 0.1) is 6.61 Å². The Morgan fingerprint density at radius 2 is 2.38 bits per heavy atom. The fraction of sp³-hybridized carbons (Fsp3) is 0.500. The largest absolute Gasteiger partial charge is 0.380 e. The molecule has 1 aromatic carbocycles. The molecule has 0 bridgehead atoms. The molecule has 1 N–H and O–H groups in total. The summed E-state index contributed by atoms with van der Waals surface area (Å²) in [6.07, 6.45) is 1.10. The maximum Gasteiger partial charge on any atom is 0.0603 e. The summed E-state index contributed by atoms with van der Waals surface area (Å²) in [5.74, 6) is 0. The van der Waals surface area contributed by atoms with Crippen LogP contribution in [0.3, 0.4) is 0 Å². The highest BCUT2D eigenvalue weighted by molar-refractivity contribution is 9.10. The van der Waals surface area contributed by atoms with Crippen LogP contribution in [0.5, 0.6) is 0 Å². The van der Waals surface area contributed by atoms with Gasteiger partial charge in [0, 0.05) is 27.3 Å². The molecule has 16 heavy (non-hydrogen) atoms. The summed E-state index contributed by atoms with van der Waals surface area (Å²) in [6.45, 7) is 1.71. The van der Waals surface area contributed by atoms with Crippen molar-refractivity contribution in [2.75, 3.05) is 20.3 Å². The van der Waals surface area contributed by atoms with Gasteiger partial charge in [-0.2, -0.15) is 0 Å². The first-order chi connectivity index (χ1) is 7.79. The molecule has 1 aliphatic heterocycles. The number of ether oxygens (including phenoxy) is 1. The molecule has 4 heteroatoms. The summed E-state index contributed by atoms with van der Waals surface area (Å²) in [6, 6.07) is 8.99. The van der Waals surface area contributed by atoms with Gasteiger partial charge in [0.2, 0.25) is 0 Å². The smallest absolute Gasteiger partial charge is 0.0603 e. The van der Waals surface area contributed by atoms with Gasteiger partial charge in [0.15, 0.2) is 0 Å². The van der Waals surface area contributed by atoms with Gasteiger partial charge in [-0.1, -0.05) is 22.0 Å². The van der Waals surface area contributed by atoms with Crippen molar-refractivity contribution in [2.45, 2.75) is 22.6 Å². The molecule has 1 fully saturated rings. The molecule has 1 aromatic rings. The van der Waals surface area contributed by atoms with E-state index in [1.807, 2.05) is 18.8 Å². The lowest BCUT2D eigenvalue weighted by molar-refractivity contribution is 0.0851. The van der Waals surface area contributed by atoms with E-state index in [1.165, 1.54) is 4.90 Å². The first kappa shape index (κ1) is 12.4. The van der Waals surface area contributed by atoms with Crippen molar-refractivity contribution in [3.05, 3.63) is 28.7 Å². The van der Waals surface area contributed by atoms with E-state index >= 15 is 0 Å². The second-order valence-corrected chi connectivity index (χ2v) is 6.10. The summed E-state index contributed by atoms with van der Waals surface area (Å²) in [5.41, 5.74) is 0. The van der Waals surface area contributed by atoms with Gasteiger partial charge in [-0.15, -0.1) is 11.8 Å². The molecule has 88 valence electrons. The molecule has 2 unspecified atom stereocenters. The van der Waals surface area contributed by atoms with Gasteiger partial charge in [0.1, 0.15) is 0 Å². The molecule has 1 heterocycles. The lowest BCUT2D eigenvalue weighted by atomic mass is 10.1. The molecular weight excluding hydrogens is 286 g/mol. The third kappa shape index (κ3) is 3.23. The van der Waals surface area contributed by atoms with Crippen LogP contribution in [-0.2, 0) is 4.74 Å². The van der Waals surface area contributed by atoms with Crippen molar-refractivity contribution in [2.24, 2.45) is 0 Å². The van der Waals surface area contributed by atoms with Gasteiger partial charge in [0.25, 0.3) is 0 Å². The average Bonchev–Trinajstić information content (AvgIpc) is 2.30. The first-order valence-corrected chi connectivity index (χ1v) is 7.14. The van der Waals surface area contributed by atoms with E-state index in [4.69, 9.17) is 4.74 Å². The molecule has 0 radical (unpaired) electrons. The van der Waals surface area contributed by atoms with Crippen LogP contribution in [0.2, 0.25) is 0 Å². The normalized spacial score (nSPS) is 25.6. The summed E-state index contributed by atoms with van der Waals surface area (Å²) < 4.78 is 6.68. The maximum atomic E-state index is 5.54. The molecule has 2 nitrogen and oxygen atoms in total. The predicted octanol–water partition coefficient (Wildman–Crippen LogP) is 2.92. The third-order valence-corrected chi connectivity index (χ3v) is 4.55. The number of rotatable bonds is 3. The lowest BCUT2D eigenvalue weighted by Gasteiger charge is -2.30. The number of hydrogen-bond donors (Lipinski definition) is 1. The fourth-order valence-electron chi connectivity index (χ4n) is 1.87. The highest BCUT2D eigenvalue weighted by Crippen LogP contribution is 2.30. The lowest BCUT2D eigenvalue weighted by Crippen LogP contribution is -2.43.